The molecule has 0 saturated carbocycles. The molecule has 0 spiro atoms. The average molecular weight is 213 g/mol. The first-order valence-corrected chi connectivity index (χ1v) is 5.45. The molecule has 1 aliphatic rings. The Morgan fingerprint density at radius 2 is 2.00 bits per heavy atom. The fourth-order valence-corrected chi connectivity index (χ4v) is 2.08. The molecular weight excluding hydrogens is 194 g/mol. The predicted octanol–water partition coefficient (Wildman–Crippen LogP) is 1.21. The number of carbonyl (C=O) groups excluding carboxylic acids is 1. The van der Waals surface area contributed by atoms with Gasteiger partial charge in [-0.15, -0.1) is 0 Å². The third-order valence-corrected chi connectivity index (χ3v) is 3.03. The van der Waals surface area contributed by atoms with E-state index in [1.54, 1.807) is 4.90 Å². The molecule has 4 nitrogen and oxygen atoms in total. The van der Waals surface area contributed by atoms with Gasteiger partial charge in [-0.1, -0.05) is 20.8 Å². The lowest BCUT2D eigenvalue weighted by atomic mass is 9.86. The lowest BCUT2D eigenvalue weighted by Gasteiger charge is -2.35. The minimum absolute atomic E-state index is 0.00132. The molecular formula is C11H19NO3. The highest BCUT2D eigenvalue weighted by atomic mass is 16.4. The minimum atomic E-state index is -0.737. The Morgan fingerprint density at radius 1 is 1.40 bits per heavy atom. The molecule has 0 radical (unpaired) electrons. The van der Waals surface area contributed by atoms with Gasteiger partial charge in [-0.3, -0.25) is 9.59 Å². The van der Waals surface area contributed by atoms with Gasteiger partial charge in [0.2, 0.25) is 5.91 Å². The quantitative estimate of drug-likeness (QED) is 0.750. The number of hydrogen-bond acceptors (Lipinski definition) is 2. The second-order valence-corrected chi connectivity index (χ2v) is 4.65. The van der Waals surface area contributed by atoms with E-state index in [0.29, 0.717) is 19.5 Å². The van der Waals surface area contributed by atoms with Crippen molar-refractivity contribution < 1.29 is 14.7 Å². The van der Waals surface area contributed by atoms with Crippen molar-refractivity contribution in [2.24, 2.45) is 17.8 Å². The van der Waals surface area contributed by atoms with Crippen LogP contribution in [0, 0.1) is 17.8 Å². The maximum Gasteiger partial charge on any atom is 0.306 e. The van der Waals surface area contributed by atoms with E-state index in [1.165, 1.54) is 0 Å². The van der Waals surface area contributed by atoms with E-state index in [-0.39, 0.29) is 23.7 Å². The first kappa shape index (κ1) is 12.0. The molecule has 2 atom stereocenters. The molecule has 86 valence electrons. The summed E-state index contributed by atoms with van der Waals surface area (Å²) < 4.78 is 0. The van der Waals surface area contributed by atoms with E-state index < -0.39 is 5.97 Å². The Bertz CT molecular complexity index is 263. The van der Waals surface area contributed by atoms with Crippen LogP contribution >= 0.6 is 0 Å². The van der Waals surface area contributed by atoms with Gasteiger partial charge in [0, 0.05) is 19.0 Å². The standard InChI is InChI=1S/C11H19NO3/c1-7(2)10(13)12-5-4-9(11(14)15)8(3)6-12/h7-9H,4-6H2,1-3H3,(H,14,15). The number of amides is 1. The molecule has 0 aromatic rings. The zero-order chi connectivity index (χ0) is 11.6. The van der Waals surface area contributed by atoms with E-state index >= 15 is 0 Å². The van der Waals surface area contributed by atoms with Gasteiger partial charge in [0.1, 0.15) is 0 Å². The number of carbonyl (C=O) groups is 2. The summed E-state index contributed by atoms with van der Waals surface area (Å²) in [6.07, 6.45) is 0.578. The second-order valence-electron chi connectivity index (χ2n) is 4.65. The molecule has 0 bridgehead atoms. The van der Waals surface area contributed by atoms with Crippen molar-refractivity contribution in [1.29, 1.82) is 0 Å². The third kappa shape index (κ3) is 2.70. The van der Waals surface area contributed by atoms with E-state index in [1.807, 2.05) is 20.8 Å². The van der Waals surface area contributed by atoms with Crippen molar-refractivity contribution in [3.8, 4) is 0 Å². The normalized spacial score (nSPS) is 26.8. The zero-order valence-electron chi connectivity index (χ0n) is 9.56. The summed E-state index contributed by atoms with van der Waals surface area (Å²) in [4.78, 5) is 24.4. The number of aliphatic carboxylic acids is 1. The fourth-order valence-electron chi connectivity index (χ4n) is 2.08. The fraction of sp³-hybridized carbons (Fsp3) is 0.818. The summed E-state index contributed by atoms with van der Waals surface area (Å²) in [5.74, 6) is -0.844. The number of carboxylic acids is 1. The van der Waals surface area contributed by atoms with Crippen LogP contribution in [-0.4, -0.2) is 35.0 Å². The van der Waals surface area contributed by atoms with Gasteiger partial charge in [0.05, 0.1) is 5.92 Å². The third-order valence-electron chi connectivity index (χ3n) is 3.03. The average Bonchev–Trinajstić information content (AvgIpc) is 2.15. The van der Waals surface area contributed by atoms with Crippen LogP contribution in [0.2, 0.25) is 0 Å². The Labute approximate surface area is 90.3 Å². The van der Waals surface area contributed by atoms with Crippen LogP contribution in [0.4, 0.5) is 0 Å². The zero-order valence-corrected chi connectivity index (χ0v) is 9.56. The van der Waals surface area contributed by atoms with Crippen molar-refractivity contribution in [3.05, 3.63) is 0 Å². The van der Waals surface area contributed by atoms with Crippen molar-refractivity contribution in [1.82, 2.24) is 4.90 Å². The topological polar surface area (TPSA) is 57.6 Å². The van der Waals surface area contributed by atoms with Crippen LogP contribution < -0.4 is 0 Å². The smallest absolute Gasteiger partial charge is 0.306 e. The summed E-state index contributed by atoms with van der Waals surface area (Å²) in [5.41, 5.74) is 0. The maximum absolute atomic E-state index is 11.7. The van der Waals surface area contributed by atoms with Gasteiger partial charge in [-0.25, -0.2) is 0 Å². The van der Waals surface area contributed by atoms with Gasteiger partial charge in [0.15, 0.2) is 0 Å². The molecule has 1 saturated heterocycles. The van der Waals surface area contributed by atoms with Gasteiger partial charge in [-0.2, -0.15) is 0 Å². The predicted molar refractivity (Wildman–Crippen MR) is 56.3 cm³/mol. The monoisotopic (exact) mass is 213 g/mol. The lowest BCUT2D eigenvalue weighted by Crippen LogP contribution is -2.46. The van der Waals surface area contributed by atoms with Crippen molar-refractivity contribution in [3.63, 3.8) is 0 Å². The Morgan fingerprint density at radius 3 is 2.40 bits per heavy atom. The molecule has 1 aliphatic heterocycles. The summed E-state index contributed by atoms with van der Waals surface area (Å²) >= 11 is 0. The number of piperidine rings is 1. The van der Waals surface area contributed by atoms with Crippen LogP contribution in [0.25, 0.3) is 0 Å². The summed E-state index contributed by atoms with van der Waals surface area (Å²) in [6, 6.07) is 0. The number of rotatable bonds is 2. The highest BCUT2D eigenvalue weighted by molar-refractivity contribution is 5.78. The number of likely N-dealkylation sites (tertiary alicyclic amines) is 1. The van der Waals surface area contributed by atoms with E-state index in [9.17, 15) is 9.59 Å². The van der Waals surface area contributed by atoms with Gasteiger partial charge >= 0.3 is 5.97 Å². The van der Waals surface area contributed by atoms with E-state index in [2.05, 4.69) is 0 Å². The largest absolute Gasteiger partial charge is 0.481 e. The molecule has 1 amide bonds. The molecule has 1 heterocycles. The first-order valence-electron chi connectivity index (χ1n) is 5.45. The van der Waals surface area contributed by atoms with Crippen molar-refractivity contribution >= 4 is 11.9 Å². The molecule has 1 N–H and O–H groups in total. The van der Waals surface area contributed by atoms with E-state index in [0.717, 1.165) is 0 Å². The van der Waals surface area contributed by atoms with Crippen molar-refractivity contribution in [2.75, 3.05) is 13.1 Å². The highest BCUT2D eigenvalue weighted by Crippen LogP contribution is 2.24. The highest BCUT2D eigenvalue weighted by Gasteiger charge is 2.33. The maximum atomic E-state index is 11.7. The molecule has 1 fully saturated rings. The summed E-state index contributed by atoms with van der Waals surface area (Å²) in [7, 11) is 0. The molecule has 4 heteroatoms. The first-order chi connectivity index (χ1) is 6.93. The SMILES string of the molecule is CC(C)C(=O)N1CCC(C(=O)O)C(C)C1. The van der Waals surface area contributed by atoms with Crippen LogP contribution in [-0.2, 0) is 9.59 Å². The second kappa shape index (κ2) is 4.64. The minimum Gasteiger partial charge on any atom is -0.481 e. The van der Waals surface area contributed by atoms with Crippen LogP contribution in [0.15, 0.2) is 0 Å². The number of hydrogen-bond donors (Lipinski definition) is 1. The molecule has 0 aromatic heterocycles. The molecule has 15 heavy (non-hydrogen) atoms. The molecule has 0 aromatic carbocycles. The summed E-state index contributed by atoms with van der Waals surface area (Å²) in [6.45, 7) is 6.80. The lowest BCUT2D eigenvalue weighted by molar-refractivity contribution is -0.149. The number of carboxylic acid groups (broad SMARTS) is 1. The number of nitrogens with zero attached hydrogens (tertiary/aromatic N) is 1. The van der Waals surface area contributed by atoms with Gasteiger partial charge < -0.3 is 10.0 Å². The Kier molecular flexibility index (Phi) is 3.72. The van der Waals surface area contributed by atoms with E-state index in [4.69, 9.17) is 5.11 Å². The van der Waals surface area contributed by atoms with Crippen molar-refractivity contribution in [2.45, 2.75) is 27.2 Å². The van der Waals surface area contributed by atoms with Gasteiger partial charge in [0.25, 0.3) is 0 Å². The van der Waals surface area contributed by atoms with Crippen LogP contribution in [0.3, 0.4) is 0 Å². The molecule has 1 rings (SSSR count). The Balaban J connectivity index is 2.58. The molecule has 0 aliphatic carbocycles. The Hall–Kier alpha value is -1.06. The van der Waals surface area contributed by atoms with Crippen LogP contribution in [0.1, 0.15) is 27.2 Å². The molecule has 2 unspecified atom stereocenters. The summed E-state index contributed by atoms with van der Waals surface area (Å²) in [5, 5.41) is 8.94. The van der Waals surface area contributed by atoms with Crippen LogP contribution in [0.5, 0.6) is 0 Å². The van der Waals surface area contributed by atoms with Gasteiger partial charge in [-0.05, 0) is 12.3 Å².